The predicted molar refractivity (Wildman–Crippen MR) is 109 cm³/mol. The number of piperidine rings is 1. The molecule has 2 heterocycles. The largest absolute Gasteiger partial charge is 0.487 e. The maximum absolute atomic E-state index is 12.8. The van der Waals surface area contributed by atoms with Crippen molar-refractivity contribution in [2.75, 3.05) is 20.2 Å². The summed E-state index contributed by atoms with van der Waals surface area (Å²) in [7, 11) is 0.211. The Bertz CT molecular complexity index is 742. The summed E-state index contributed by atoms with van der Waals surface area (Å²) in [4.78, 5) is 13.5. The van der Waals surface area contributed by atoms with Crippen molar-refractivity contribution >= 4 is 33.0 Å². The van der Waals surface area contributed by atoms with Crippen LogP contribution in [0.4, 0.5) is 4.79 Å². The van der Waals surface area contributed by atoms with Crippen LogP contribution in [-0.2, 0) is 15.7 Å². The van der Waals surface area contributed by atoms with Gasteiger partial charge in [-0.3, -0.25) is 0 Å². The average molecular weight is 459 g/mol. The molecule has 2 atom stereocenters. The quantitative estimate of drug-likeness (QED) is 0.728. The molecule has 0 aromatic heterocycles. The van der Waals surface area contributed by atoms with Crippen LogP contribution in [0.1, 0.15) is 51.6 Å². The van der Waals surface area contributed by atoms with E-state index in [-0.39, 0.29) is 22.5 Å². The summed E-state index contributed by atoms with van der Waals surface area (Å²) in [5.74, 6) is 0.819. The molecule has 0 saturated carbocycles. The molecule has 1 saturated heterocycles. The van der Waals surface area contributed by atoms with Crippen LogP contribution in [0, 0.1) is 0 Å². The highest BCUT2D eigenvalue weighted by Gasteiger charge is 2.45. The smallest absolute Gasteiger partial charge is 0.409 e. The first-order chi connectivity index (χ1) is 12.6. The maximum Gasteiger partial charge on any atom is 0.409 e. The van der Waals surface area contributed by atoms with Gasteiger partial charge >= 0.3 is 6.09 Å². The highest BCUT2D eigenvalue weighted by atomic mass is 79.9. The highest BCUT2D eigenvalue weighted by Crippen LogP contribution is 2.45. The SMILES string of the molecule is COC(=O)N1CCC2(CC1)C[C@H](NS(=O)C(C)(C)C)c1cc(Br)ccc1O2. The van der Waals surface area contributed by atoms with Crippen molar-refractivity contribution in [3.63, 3.8) is 0 Å². The van der Waals surface area contributed by atoms with Crippen molar-refractivity contribution in [2.24, 2.45) is 0 Å². The number of benzene rings is 1. The molecule has 1 N–H and O–H groups in total. The topological polar surface area (TPSA) is 67.9 Å². The zero-order chi connectivity index (χ0) is 19.8. The lowest BCUT2D eigenvalue weighted by molar-refractivity contribution is -0.0206. The second kappa shape index (κ2) is 7.72. The Labute approximate surface area is 171 Å². The molecule has 6 nitrogen and oxygen atoms in total. The predicted octanol–water partition coefficient (Wildman–Crippen LogP) is 3.93. The van der Waals surface area contributed by atoms with Crippen molar-refractivity contribution in [3.8, 4) is 5.75 Å². The van der Waals surface area contributed by atoms with E-state index >= 15 is 0 Å². The van der Waals surface area contributed by atoms with E-state index in [1.807, 2.05) is 39.0 Å². The zero-order valence-corrected chi connectivity index (χ0v) is 18.6. The van der Waals surface area contributed by atoms with E-state index in [1.54, 1.807) is 4.90 Å². The van der Waals surface area contributed by atoms with E-state index < -0.39 is 11.0 Å². The monoisotopic (exact) mass is 458 g/mol. The molecule has 0 bridgehead atoms. The minimum atomic E-state index is -1.19. The minimum absolute atomic E-state index is 0.0732. The summed E-state index contributed by atoms with van der Waals surface area (Å²) >= 11 is 3.53. The molecular weight excluding hydrogens is 432 g/mol. The van der Waals surface area contributed by atoms with Crippen molar-refractivity contribution in [2.45, 2.75) is 56.4 Å². The number of carbonyl (C=O) groups is 1. The summed E-state index contributed by atoms with van der Waals surface area (Å²) in [5.41, 5.74) is 0.647. The van der Waals surface area contributed by atoms with Crippen molar-refractivity contribution in [3.05, 3.63) is 28.2 Å². The number of carbonyl (C=O) groups excluding carboxylic acids is 1. The molecule has 1 fully saturated rings. The number of hydrogen-bond acceptors (Lipinski definition) is 4. The number of hydrogen-bond donors (Lipinski definition) is 1. The lowest BCUT2D eigenvalue weighted by atomic mass is 9.81. The van der Waals surface area contributed by atoms with E-state index in [4.69, 9.17) is 9.47 Å². The number of methoxy groups -OCH3 is 1. The molecule has 0 aliphatic carbocycles. The first-order valence-corrected chi connectivity index (χ1v) is 11.1. The number of nitrogens with one attached hydrogen (secondary N) is 1. The molecule has 1 unspecified atom stereocenters. The van der Waals surface area contributed by atoms with Gasteiger partial charge in [0.05, 0.1) is 28.9 Å². The molecule has 27 heavy (non-hydrogen) atoms. The Balaban J connectivity index is 1.85. The van der Waals surface area contributed by atoms with Gasteiger partial charge < -0.3 is 14.4 Å². The third-order valence-electron chi connectivity index (χ3n) is 5.16. The zero-order valence-electron chi connectivity index (χ0n) is 16.2. The van der Waals surface area contributed by atoms with Crippen molar-refractivity contribution < 1.29 is 18.5 Å². The van der Waals surface area contributed by atoms with E-state index in [9.17, 15) is 9.00 Å². The number of rotatable bonds is 2. The lowest BCUT2D eigenvalue weighted by Crippen LogP contribution is -2.53. The van der Waals surface area contributed by atoms with E-state index in [2.05, 4.69) is 20.7 Å². The number of ether oxygens (including phenoxy) is 2. The average Bonchev–Trinajstić information content (AvgIpc) is 2.61. The van der Waals surface area contributed by atoms with Gasteiger partial charge in [-0.25, -0.2) is 13.7 Å². The summed E-state index contributed by atoms with van der Waals surface area (Å²) in [6, 6.07) is 5.88. The van der Waals surface area contributed by atoms with Gasteiger partial charge in [-0.05, 0) is 39.0 Å². The Kier molecular flexibility index (Phi) is 5.89. The third kappa shape index (κ3) is 4.49. The van der Waals surface area contributed by atoms with Gasteiger partial charge in [0.15, 0.2) is 0 Å². The molecule has 3 rings (SSSR count). The maximum atomic E-state index is 12.8. The van der Waals surface area contributed by atoms with E-state index in [0.717, 1.165) is 28.6 Å². The molecule has 1 spiro atoms. The fraction of sp³-hybridized carbons (Fsp3) is 0.632. The lowest BCUT2D eigenvalue weighted by Gasteiger charge is -2.46. The molecule has 1 aromatic rings. The van der Waals surface area contributed by atoms with Gasteiger partial charge in [0.1, 0.15) is 11.4 Å². The van der Waals surface area contributed by atoms with Gasteiger partial charge in [-0.15, -0.1) is 0 Å². The number of nitrogens with zero attached hydrogens (tertiary/aromatic N) is 1. The Morgan fingerprint density at radius 2 is 2.04 bits per heavy atom. The molecule has 150 valence electrons. The van der Waals surface area contributed by atoms with Crippen LogP contribution in [0.15, 0.2) is 22.7 Å². The summed E-state index contributed by atoms with van der Waals surface area (Å²) in [5, 5.41) is 0. The van der Waals surface area contributed by atoms with E-state index in [0.29, 0.717) is 19.5 Å². The van der Waals surface area contributed by atoms with Gasteiger partial charge in [-0.2, -0.15) is 0 Å². The number of fused-ring (bicyclic) bond motifs is 1. The first-order valence-electron chi connectivity index (χ1n) is 9.13. The van der Waals surface area contributed by atoms with Gasteiger partial charge in [-0.1, -0.05) is 15.9 Å². The third-order valence-corrected chi connectivity index (χ3v) is 7.27. The molecular formula is C19H27BrN2O4S. The fourth-order valence-corrected chi connectivity index (χ4v) is 4.79. The van der Waals surface area contributed by atoms with Crippen LogP contribution in [0.2, 0.25) is 0 Å². The second-order valence-corrected chi connectivity index (χ2v) is 11.1. The molecule has 8 heteroatoms. The second-order valence-electron chi connectivity index (χ2n) is 8.18. The first kappa shape index (κ1) is 20.6. The van der Waals surface area contributed by atoms with Crippen LogP contribution in [0.5, 0.6) is 5.75 Å². The Hall–Kier alpha value is -1.12. The van der Waals surface area contributed by atoms with Crippen LogP contribution in [0.25, 0.3) is 0 Å². The molecule has 2 aliphatic heterocycles. The van der Waals surface area contributed by atoms with Gasteiger partial charge in [0.25, 0.3) is 0 Å². The molecule has 1 amide bonds. The van der Waals surface area contributed by atoms with Crippen LogP contribution >= 0.6 is 15.9 Å². The number of halogens is 1. The van der Waals surface area contributed by atoms with Crippen LogP contribution in [0.3, 0.4) is 0 Å². The van der Waals surface area contributed by atoms with Gasteiger partial charge in [0.2, 0.25) is 0 Å². The normalized spacial score (nSPS) is 22.7. The van der Waals surface area contributed by atoms with E-state index in [1.165, 1.54) is 7.11 Å². The molecule has 0 radical (unpaired) electrons. The highest BCUT2D eigenvalue weighted by molar-refractivity contribution is 9.10. The summed E-state index contributed by atoms with van der Waals surface area (Å²) < 4.78 is 28.0. The van der Waals surface area contributed by atoms with Crippen molar-refractivity contribution in [1.82, 2.24) is 9.62 Å². The minimum Gasteiger partial charge on any atom is -0.487 e. The van der Waals surface area contributed by atoms with Gasteiger partial charge in [0, 0.05) is 42.4 Å². The Morgan fingerprint density at radius 1 is 1.37 bits per heavy atom. The number of likely N-dealkylation sites (tertiary alicyclic amines) is 1. The summed E-state index contributed by atoms with van der Waals surface area (Å²) in [6.45, 7) is 7.06. The van der Waals surface area contributed by atoms with Crippen LogP contribution < -0.4 is 9.46 Å². The fourth-order valence-electron chi connectivity index (χ4n) is 3.58. The standard InChI is InChI=1S/C19H27BrN2O4S/c1-18(2,3)27(24)21-15-12-19(7-9-22(10-8-19)17(23)25-4)26-16-6-5-13(20)11-14(15)16/h5-6,11,15,21H,7-10,12H2,1-4H3/t15-,27?/m0/s1. The van der Waals surface area contributed by atoms with Crippen LogP contribution in [-0.4, -0.2) is 45.7 Å². The van der Waals surface area contributed by atoms with Crippen molar-refractivity contribution in [1.29, 1.82) is 0 Å². The molecule has 1 aromatic carbocycles. The number of amides is 1. The molecule has 2 aliphatic rings. The Morgan fingerprint density at radius 3 is 2.63 bits per heavy atom. The summed E-state index contributed by atoms with van der Waals surface area (Å²) in [6.07, 6.45) is 1.86.